The van der Waals surface area contributed by atoms with Crippen molar-refractivity contribution in [2.24, 2.45) is 0 Å². The van der Waals surface area contributed by atoms with Gasteiger partial charge in [0.1, 0.15) is 17.7 Å². The Morgan fingerprint density at radius 1 is 0.689 bits per heavy atom. The van der Waals surface area contributed by atoms with Crippen LogP contribution >= 0.6 is 11.3 Å². The second-order valence-electron chi connectivity index (χ2n) is 11.5. The van der Waals surface area contributed by atoms with E-state index >= 15 is 0 Å². The molecule has 45 heavy (non-hydrogen) atoms. The summed E-state index contributed by atoms with van der Waals surface area (Å²) in [6.07, 6.45) is 5.34. The van der Waals surface area contributed by atoms with Gasteiger partial charge in [-0.05, 0) is 102 Å². The minimum absolute atomic E-state index is 0.0851. The third-order valence-electron chi connectivity index (χ3n) is 8.82. The van der Waals surface area contributed by atoms with E-state index in [9.17, 15) is 10.5 Å². The average molecular weight is 596 g/mol. The van der Waals surface area contributed by atoms with Gasteiger partial charge in [-0.1, -0.05) is 53.6 Å². The lowest BCUT2D eigenvalue weighted by atomic mass is 9.71. The molecule has 3 aromatic heterocycles. The maximum absolute atomic E-state index is 9.50. The highest BCUT2D eigenvalue weighted by Crippen LogP contribution is 2.64. The van der Waals surface area contributed by atoms with Crippen LogP contribution in [0.3, 0.4) is 0 Å². The first kappa shape index (κ1) is 26.8. The van der Waals surface area contributed by atoms with Crippen LogP contribution in [0.5, 0.6) is 0 Å². The highest BCUT2D eigenvalue weighted by Gasteiger charge is 2.54. The molecule has 0 unspecified atom stereocenters. The normalized spacial score (nSPS) is 12.8. The van der Waals surface area contributed by atoms with E-state index in [1.165, 1.54) is 16.7 Å². The number of aryl methyl sites for hydroxylation is 2. The number of thiophene rings is 1. The molecule has 0 saturated carbocycles. The molecule has 3 aromatic carbocycles. The molecule has 0 bridgehead atoms. The minimum Gasteiger partial charge on any atom is -0.310 e. The molecule has 0 saturated heterocycles. The summed E-state index contributed by atoms with van der Waals surface area (Å²) in [5, 5.41) is 19.0. The number of hydrogen-bond acceptors (Lipinski definition) is 6. The molecule has 0 radical (unpaired) electrons. The van der Waals surface area contributed by atoms with Crippen LogP contribution in [0.2, 0.25) is 0 Å². The monoisotopic (exact) mass is 595 g/mol. The fourth-order valence-electron chi connectivity index (χ4n) is 6.87. The van der Waals surface area contributed by atoms with E-state index in [0.29, 0.717) is 0 Å². The predicted octanol–water partition coefficient (Wildman–Crippen LogP) is 9.40. The van der Waals surface area contributed by atoms with Crippen molar-refractivity contribution in [1.82, 2.24) is 9.97 Å². The second kappa shape index (κ2) is 10.1. The number of aromatic nitrogens is 2. The van der Waals surface area contributed by atoms with E-state index in [-0.39, 0.29) is 5.57 Å². The Kier molecular flexibility index (Phi) is 6.03. The summed E-state index contributed by atoms with van der Waals surface area (Å²) in [7, 11) is 0. The molecule has 0 amide bonds. The maximum atomic E-state index is 9.50. The van der Waals surface area contributed by atoms with Crippen LogP contribution in [0.25, 0.3) is 27.9 Å². The highest BCUT2D eigenvalue weighted by atomic mass is 32.1. The molecule has 0 fully saturated rings. The van der Waals surface area contributed by atoms with Crippen LogP contribution in [0.15, 0.2) is 115 Å². The molecular weight excluding hydrogens is 571 g/mol. The third kappa shape index (κ3) is 3.90. The van der Waals surface area contributed by atoms with E-state index in [0.717, 1.165) is 60.5 Å². The Morgan fingerprint density at radius 3 is 1.80 bits per heavy atom. The number of fused-ring (bicyclic) bond motifs is 10. The average Bonchev–Trinajstić information content (AvgIpc) is 3.70. The molecule has 1 spiro atoms. The quantitative estimate of drug-likeness (QED) is 0.189. The lowest BCUT2D eigenvalue weighted by molar-refractivity contribution is 0.791. The summed E-state index contributed by atoms with van der Waals surface area (Å²) < 4.78 is 0. The smallest absolute Gasteiger partial charge is 0.131 e. The van der Waals surface area contributed by atoms with Gasteiger partial charge in [-0.25, -0.2) is 0 Å². The molecule has 2 aliphatic rings. The van der Waals surface area contributed by atoms with Crippen LogP contribution in [-0.4, -0.2) is 9.97 Å². The van der Waals surface area contributed by atoms with Crippen LogP contribution < -0.4 is 4.90 Å². The van der Waals surface area contributed by atoms with Gasteiger partial charge in [-0.2, -0.15) is 10.5 Å². The van der Waals surface area contributed by atoms with Crippen LogP contribution in [0.4, 0.5) is 17.1 Å². The van der Waals surface area contributed by atoms with Gasteiger partial charge in [0.15, 0.2) is 0 Å². The number of anilines is 3. The molecule has 0 N–H and O–H groups in total. The van der Waals surface area contributed by atoms with Crippen molar-refractivity contribution in [2.75, 3.05) is 4.90 Å². The number of pyridine rings is 2. The fourth-order valence-corrected chi connectivity index (χ4v) is 8.07. The van der Waals surface area contributed by atoms with Gasteiger partial charge in [0.2, 0.25) is 0 Å². The van der Waals surface area contributed by atoms with Crippen molar-refractivity contribution in [3.63, 3.8) is 0 Å². The summed E-state index contributed by atoms with van der Waals surface area (Å²) in [6, 6.07) is 38.5. The number of hydrogen-bond donors (Lipinski definition) is 0. The van der Waals surface area contributed by atoms with Crippen LogP contribution in [0.1, 0.15) is 38.3 Å². The SMILES string of the molecule is Cc1ccc(N(c2ccc(C)cc2)c2ccc3c(c2)C2(c4cccnc4-c4ncccc42)c2cc(C=C(C#N)C#N)sc2-3)cc1. The minimum atomic E-state index is -0.651. The standard InChI is InChI=1S/C39H25N5S/c1-24-7-11-27(12-8-24)44(28-13-9-25(2)10-14-28)29-15-16-31-34(20-29)39(35-21-30(45-38(31)35)19-26(22-40)23-41)32-5-3-17-42-36(32)37-33(39)6-4-18-43-37/h3-21H,1-2H3. The summed E-state index contributed by atoms with van der Waals surface area (Å²) in [5.41, 5.74) is 12.4. The summed E-state index contributed by atoms with van der Waals surface area (Å²) in [6.45, 7) is 4.21. The van der Waals surface area contributed by atoms with E-state index in [1.54, 1.807) is 17.4 Å². The summed E-state index contributed by atoms with van der Waals surface area (Å²) in [5.74, 6) is 0. The Labute approximate surface area is 265 Å². The fraction of sp³-hybridized carbons (Fsp3) is 0.0769. The lowest BCUT2D eigenvalue weighted by Gasteiger charge is -2.31. The number of nitrogens with zero attached hydrogens (tertiary/aromatic N) is 5. The van der Waals surface area contributed by atoms with Gasteiger partial charge in [0, 0.05) is 39.2 Å². The van der Waals surface area contributed by atoms with Crippen molar-refractivity contribution in [3.05, 3.63) is 153 Å². The van der Waals surface area contributed by atoms with E-state index in [4.69, 9.17) is 9.97 Å². The Bertz CT molecular complexity index is 2160. The largest absolute Gasteiger partial charge is 0.310 e. The number of benzene rings is 3. The topological polar surface area (TPSA) is 76.6 Å². The maximum Gasteiger partial charge on any atom is 0.131 e. The van der Waals surface area contributed by atoms with Gasteiger partial charge < -0.3 is 4.90 Å². The summed E-state index contributed by atoms with van der Waals surface area (Å²) in [4.78, 5) is 14.0. The molecule has 6 aromatic rings. The summed E-state index contributed by atoms with van der Waals surface area (Å²) >= 11 is 1.61. The molecule has 2 aliphatic carbocycles. The van der Waals surface area contributed by atoms with E-state index < -0.39 is 5.41 Å². The Morgan fingerprint density at radius 2 is 1.24 bits per heavy atom. The van der Waals surface area contributed by atoms with Gasteiger partial charge in [-0.3, -0.25) is 9.97 Å². The first-order valence-corrected chi connectivity index (χ1v) is 15.5. The molecule has 6 heteroatoms. The van der Waals surface area contributed by atoms with Crippen molar-refractivity contribution in [1.29, 1.82) is 10.5 Å². The number of rotatable bonds is 4. The van der Waals surface area contributed by atoms with Crippen molar-refractivity contribution in [3.8, 4) is 34.0 Å². The lowest BCUT2D eigenvalue weighted by Crippen LogP contribution is -2.26. The zero-order valence-corrected chi connectivity index (χ0v) is 25.4. The van der Waals surface area contributed by atoms with Crippen LogP contribution in [0, 0.1) is 36.5 Å². The zero-order chi connectivity index (χ0) is 30.7. The molecule has 5 nitrogen and oxygen atoms in total. The second-order valence-corrected chi connectivity index (χ2v) is 12.5. The molecular formula is C39H25N5S. The molecule has 8 rings (SSSR count). The Hall–Kier alpha value is -5.82. The molecule has 0 aliphatic heterocycles. The number of allylic oxidation sites excluding steroid dienone is 1. The molecule has 3 heterocycles. The van der Waals surface area contributed by atoms with Crippen LogP contribution in [-0.2, 0) is 5.41 Å². The van der Waals surface area contributed by atoms with Gasteiger partial charge in [0.05, 0.1) is 16.8 Å². The predicted molar refractivity (Wildman–Crippen MR) is 180 cm³/mol. The van der Waals surface area contributed by atoms with E-state index in [2.05, 4.69) is 104 Å². The number of nitriles is 2. The van der Waals surface area contributed by atoms with Gasteiger partial charge in [-0.15, -0.1) is 11.3 Å². The van der Waals surface area contributed by atoms with Crippen molar-refractivity contribution in [2.45, 2.75) is 19.3 Å². The molecule has 0 atom stereocenters. The third-order valence-corrected chi connectivity index (χ3v) is 9.94. The van der Waals surface area contributed by atoms with Crippen molar-refractivity contribution >= 4 is 34.5 Å². The first-order valence-electron chi connectivity index (χ1n) is 14.7. The first-order chi connectivity index (χ1) is 22.0. The highest BCUT2D eigenvalue weighted by molar-refractivity contribution is 7.16. The zero-order valence-electron chi connectivity index (χ0n) is 24.6. The molecule has 212 valence electrons. The van der Waals surface area contributed by atoms with Crippen molar-refractivity contribution < 1.29 is 0 Å². The van der Waals surface area contributed by atoms with Gasteiger partial charge >= 0.3 is 0 Å². The van der Waals surface area contributed by atoms with Gasteiger partial charge in [0.25, 0.3) is 0 Å². The Balaban J connectivity index is 1.43. The van der Waals surface area contributed by atoms with E-state index in [1.807, 2.05) is 36.7 Å².